The molecule has 0 fully saturated rings. The quantitative estimate of drug-likeness (QED) is 0.417. The lowest BCUT2D eigenvalue weighted by molar-refractivity contribution is 0.0697. The van der Waals surface area contributed by atoms with Crippen molar-refractivity contribution in [1.82, 2.24) is 9.97 Å². The van der Waals surface area contributed by atoms with E-state index in [1.165, 1.54) is 30.3 Å². The zero-order chi connectivity index (χ0) is 25.6. The summed E-state index contributed by atoms with van der Waals surface area (Å²) >= 11 is 6.41. The summed E-state index contributed by atoms with van der Waals surface area (Å²) in [6, 6.07) is 9.77. The number of fused-ring (bicyclic) bond motifs is 3. The van der Waals surface area contributed by atoms with Gasteiger partial charge in [0.1, 0.15) is 17.5 Å². The van der Waals surface area contributed by atoms with Crippen LogP contribution in [0.5, 0.6) is 0 Å². The van der Waals surface area contributed by atoms with Crippen LogP contribution < -0.4 is 11.1 Å². The van der Waals surface area contributed by atoms with Gasteiger partial charge in [-0.15, -0.1) is 0 Å². The number of hydrogen-bond acceptors (Lipinski definition) is 6. The lowest BCUT2D eigenvalue weighted by atomic mass is 9.69. The number of nitrogens with one attached hydrogen (secondary N) is 1. The van der Waals surface area contributed by atoms with Crippen LogP contribution in [0.3, 0.4) is 0 Å². The zero-order valence-corrected chi connectivity index (χ0v) is 19.8. The van der Waals surface area contributed by atoms with Crippen molar-refractivity contribution < 1.29 is 18.7 Å². The second-order valence-corrected chi connectivity index (χ2v) is 9.22. The fourth-order valence-corrected chi connectivity index (χ4v) is 4.90. The number of halogens is 3. The maximum atomic E-state index is 14.9. The first-order chi connectivity index (χ1) is 17.2. The SMILES string of the molecule is CC12CC(Cl)=CC=C1c1nc(Nc3ccc(C(=O)O)cc3)nc(N)c1CN=C2c1c(F)cccc1F. The number of nitrogen functional groups attached to an aromatic ring is 1. The van der Waals surface area contributed by atoms with Crippen LogP contribution in [-0.4, -0.2) is 26.8 Å². The van der Waals surface area contributed by atoms with Gasteiger partial charge in [-0.3, -0.25) is 4.99 Å². The first-order valence-electron chi connectivity index (χ1n) is 11.0. The molecule has 36 heavy (non-hydrogen) atoms. The molecular formula is C26H20ClF2N5O2. The number of anilines is 3. The molecule has 2 aromatic carbocycles. The number of benzene rings is 2. The predicted molar refractivity (Wildman–Crippen MR) is 134 cm³/mol. The van der Waals surface area contributed by atoms with Crippen LogP contribution in [0, 0.1) is 17.0 Å². The molecule has 0 saturated carbocycles. The second kappa shape index (κ2) is 8.83. The molecule has 1 aliphatic carbocycles. The van der Waals surface area contributed by atoms with E-state index in [4.69, 9.17) is 27.4 Å². The Bertz CT molecular complexity index is 1480. The third-order valence-electron chi connectivity index (χ3n) is 6.35. The topological polar surface area (TPSA) is 113 Å². The van der Waals surface area contributed by atoms with E-state index < -0.39 is 23.0 Å². The number of nitrogens with two attached hydrogens (primary N) is 1. The predicted octanol–water partition coefficient (Wildman–Crippen LogP) is 5.70. The molecule has 0 spiro atoms. The van der Waals surface area contributed by atoms with Gasteiger partial charge < -0.3 is 16.2 Å². The number of aromatic carboxylic acids is 1. The first kappa shape index (κ1) is 23.6. The molecule has 182 valence electrons. The van der Waals surface area contributed by atoms with Crippen molar-refractivity contribution in [2.24, 2.45) is 10.4 Å². The zero-order valence-electron chi connectivity index (χ0n) is 19.0. The molecule has 7 nitrogen and oxygen atoms in total. The summed E-state index contributed by atoms with van der Waals surface area (Å²) in [4.78, 5) is 24.8. The molecule has 1 aliphatic heterocycles. The normalized spacial score (nSPS) is 18.7. The minimum absolute atomic E-state index is 0.0163. The van der Waals surface area contributed by atoms with E-state index in [0.717, 1.165) is 0 Å². The van der Waals surface area contributed by atoms with Gasteiger partial charge in [-0.25, -0.2) is 18.6 Å². The maximum absolute atomic E-state index is 14.9. The number of rotatable bonds is 4. The van der Waals surface area contributed by atoms with E-state index in [1.807, 2.05) is 6.92 Å². The molecule has 1 unspecified atom stereocenters. The molecule has 2 aliphatic rings. The monoisotopic (exact) mass is 507 g/mol. The lowest BCUT2D eigenvalue weighted by Gasteiger charge is -2.35. The summed E-state index contributed by atoms with van der Waals surface area (Å²) in [7, 11) is 0. The van der Waals surface area contributed by atoms with E-state index in [9.17, 15) is 13.6 Å². The van der Waals surface area contributed by atoms with Crippen LogP contribution in [0.25, 0.3) is 5.57 Å². The van der Waals surface area contributed by atoms with Crippen LogP contribution >= 0.6 is 11.6 Å². The van der Waals surface area contributed by atoms with Crippen molar-refractivity contribution in [3.63, 3.8) is 0 Å². The van der Waals surface area contributed by atoms with E-state index in [1.54, 1.807) is 24.3 Å². The lowest BCUT2D eigenvalue weighted by Crippen LogP contribution is -2.33. The molecule has 0 bridgehead atoms. The maximum Gasteiger partial charge on any atom is 0.335 e. The molecule has 2 heterocycles. The number of aliphatic imine (C=N–C) groups is 1. The Kier molecular flexibility index (Phi) is 5.80. The summed E-state index contributed by atoms with van der Waals surface area (Å²) in [6.07, 6.45) is 3.75. The minimum atomic E-state index is -1.04. The van der Waals surface area contributed by atoms with Gasteiger partial charge in [0, 0.05) is 21.7 Å². The molecule has 0 amide bonds. The molecule has 0 saturated heterocycles. The fourth-order valence-electron chi connectivity index (χ4n) is 4.57. The number of allylic oxidation sites excluding steroid dienone is 4. The summed E-state index contributed by atoms with van der Waals surface area (Å²) in [5.41, 5.74) is 7.68. The Morgan fingerprint density at radius 2 is 1.81 bits per heavy atom. The number of nitrogens with zero attached hydrogens (tertiary/aromatic N) is 3. The van der Waals surface area contributed by atoms with Crippen molar-refractivity contribution in [2.75, 3.05) is 11.1 Å². The third-order valence-corrected chi connectivity index (χ3v) is 6.61. The smallest absolute Gasteiger partial charge is 0.335 e. The van der Waals surface area contributed by atoms with Gasteiger partial charge in [-0.2, -0.15) is 4.98 Å². The highest BCUT2D eigenvalue weighted by Crippen LogP contribution is 2.49. The van der Waals surface area contributed by atoms with Crippen LogP contribution in [0.15, 0.2) is 64.6 Å². The van der Waals surface area contributed by atoms with Crippen LogP contribution in [0.1, 0.15) is 40.5 Å². The van der Waals surface area contributed by atoms with E-state index in [2.05, 4.69) is 15.3 Å². The van der Waals surface area contributed by atoms with Crippen LogP contribution in [-0.2, 0) is 6.54 Å². The Labute approximate surface area is 210 Å². The second-order valence-electron chi connectivity index (χ2n) is 8.73. The molecule has 3 aromatic rings. The highest BCUT2D eigenvalue weighted by Gasteiger charge is 2.43. The highest BCUT2D eigenvalue weighted by atomic mass is 35.5. The molecular weight excluding hydrogens is 488 g/mol. The average molecular weight is 508 g/mol. The van der Waals surface area contributed by atoms with Gasteiger partial charge in [-0.1, -0.05) is 23.7 Å². The summed E-state index contributed by atoms with van der Waals surface area (Å²) < 4.78 is 29.8. The number of carbonyl (C=O) groups is 1. The van der Waals surface area contributed by atoms with E-state index in [-0.39, 0.29) is 41.6 Å². The fraction of sp³-hybridized carbons (Fsp3) is 0.154. The van der Waals surface area contributed by atoms with Gasteiger partial charge in [-0.05, 0) is 61.4 Å². The molecule has 0 radical (unpaired) electrons. The molecule has 1 aromatic heterocycles. The molecule has 10 heteroatoms. The Hall–Kier alpha value is -4.11. The van der Waals surface area contributed by atoms with Crippen LogP contribution in [0.2, 0.25) is 0 Å². The van der Waals surface area contributed by atoms with Gasteiger partial charge in [0.15, 0.2) is 0 Å². The Morgan fingerprint density at radius 3 is 2.47 bits per heavy atom. The highest BCUT2D eigenvalue weighted by molar-refractivity contribution is 6.30. The van der Waals surface area contributed by atoms with Crippen molar-refractivity contribution in [3.8, 4) is 0 Å². The van der Waals surface area contributed by atoms with Crippen LogP contribution in [0.4, 0.5) is 26.2 Å². The van der Waals surface area contributed by atoms with Gasteiger partial charge in [0.05, 0.1) is 29.1 Å². The molecule has 5 rings (SSSR count). The third kappa shape index (κ3) is 4.01. The Morgan fingerprint density at radius 1 is 1.11 bits per heavy atom. The van der Waals surface area contributed by atoms with E-state index >= 15 is 0 Å². The van der Waals surface area contributed by atoms with E-state index in [0.29, 0.717) is 27.6 Å². The molecule has 1 atom stereocenters. The largest absolute Gasteiger partial charge is 0.478 e. The van der Waals surface area contributed by atoms with Crippen molar-refractivity contribution in [2.45, 2.75) is 19.9 Å². The van der Waals surface area contributed by atoms with Crippen molar-refractivity contribution in [3.05, 3.63) is 93.7 Å². The number of carboxylic acids is 1. The average Bonchev–Trinajstić information content (AvgIpc) is 2.93. The summed E-state index contributed by atoms with van der Waals surface area (Å²) in [5, 5.41) is 12.7. The van der Waals surface area contributed by atoms with Gasteiger partial charge in [0.2, 0.25) is 5.95 Å². The molecule has 4 N–H and O–H groups in total. The summed E-state index contributed by atoms with van der Waals surface area (Å²) in [5.74, 6) is -2.15. The number of hydrogen-bond donors (Lipinski definition) is 3. The number of aromatic nitrogens is 2. The van der Waals surface area contributed by atoms with Gasteiger partial charge in [0.25, 0.3) is 0 Å². The Balaban J connectivity index is 1.63. The van der Waals surface area contributed by atoms with Crippen molar-refractivity contribution in [1.29, 1.82) is 0 Å². The van der Waals surface area contributed by atoms with Gasteiger partial charge >= 0.3 is 5.97 Å². The first-order valence-corrected chi connectivity index (χ1v) is 11.4. The minimum Gasteiger partial charge on any atom is -0.478 e. The number of carboxylic acid groups (broad SMARTS) is 1. The standard InChI is InChI=1S/C26H20ClF2N5O2/c1-26-11-14(27)7-10-17(26)21-16(12-31-22(26)20-18(28)3-2-4-19(20)29)23(30)34-25(33-21)32-15-8-5-13(6-9-15)24(35)36/h2-10H,11-12H2,1H3,(H,35,36)(H3,30,32,33,34). The summed E-state index contributed by atoms with van der Waals surface area (Å²) in [6.45, 7) is 1.84. The van der Waals surface area contributed by atoms with Crippen molar-refractivity contribution >= 4 is 46.3 Å².